The number of methoxy groups -OCH3 is 1. The number of ether oxygens (including phenoxy) is 1. The number of nitrogens with zero attached hydrogens (tertiary/aromatic N) is 1. The van der Waals surface area contributed by atoms with Crippen LogP contribution in [0.4, 0.5) is 0 Å². The lowest BCUT2D eigenvalue weighted by Crippen LogP contribution is -2.07. The van der Waals surface area contributed by atoms with Crippen LogP contribution in [-0.2, 0) is 0 Å². The Morgan fingerprint density at radius 3 is 2.48 bits per heavy atom. The second kappa shape index (κ2) is 5.81. The molecule has 0 unspecified atom stereocenters. The first-order valence-electron chi connectivity index (χ1n) is 7.76. The molecule has 0 aliphatic heterocycles. The summed E-state index contributed by atoms with van der Waals surface area (Å²) >= 11 is 0. The van der Waals surface area contributed by atoms with Crippen molar-refractivity contribution in [1.82, 2.24) is 0 Å². The van der Waals surface area contributed by atoms with Gasteiger partial charge in [0.2, 0.25) is 0 Å². The second-order valence-corrected chi connectivity index (χ2v) is 5.64. The van der Waals surface area contributed by atoms with E-state index in [1.165, 1.54) is 0 Å². The molecular weight excluding hydrogens is 314 g/mol. The molecule has 1 aromatic heterocycles. The van der Waals surface area contributed by atoms with E-state index >= 15 is 0 Å². The normalized spacial score (nSPS) is 10.7. The van der Waals surface area contributed by atoms with Crippen molar-refractivity contribution in [3.8, 4) is 22.9 Å². The maximum Gasteiger partial charge on any atom is 0.354 e. The molecule has 0 fully saturated rings. The van der Waals surface area contributed by atoms with E-state index in [9.17, 15) is 10.1 Å². The summed E-state index contributed by atoms with van der Waals surface area (Å²) in [7, 11) is 1.59. The summed E-state index contributed by atoms with van der Waals surface area (Å²) in [5, 5.41) is 12.3. The molecule has 0 saturated heterocycles. The fourth-order valence-electron chi connectivity index (χ4n) is 3.12. The maximum absolute atomic E-state index is 12.3. The molecule has 0 spiro atoms. The number of rotatable bonds is 2. The molecule has 0 saturated carbocycles. The fraction of sp³-hybridized carbons (Fsp3) is 0.0476. The van der Waals surface area contributed by atoms with Gasteiger partial charge in [0.15, 0.2) is 0 Å². The topological polar surface area (TPSA) is 63.2 Å². The molecule has 0 radical (unpaired) electrons. The molecule has 4 aromatic rings. The lowest BCUT2D eigenvalue weighted by atomic mass is 9.94. The molecule has 0 amide bonds. The van der Waals surface area contributed by atoms with Crippen LogP contribution < -0.4 is 10.4 Å². The van der Waals surface area contributed by atoms with Gasteiger partial charge in [-0.25, -0.2) is 4.79 Å². The van der Waals surface area contributed by atoms with Gasteiger partial charge in [0, 0.05) is 10.9 Å². The van der Waals surface area contributed by atoms with E-state index in [0.29, 0.717) is 16.9 Å². The summed E-state index contributed by atoms with van der Waals surface area (Å²) in [5.41, 5.74) is 1.21. The molecule has 3 aromatic carbocycles. The largest absolute Gasteiger partial charge is 0.497 e. The standard InChI is InChI=1S/C21H13NO3/c1-24-15-9-6-14(7-10-15)19-17(12-22)21(23)25-18-11-8-13-4-2-3-5-16(13)20(18)19/h2-11H,1H3. The Hall–Kier alpha value is -3.58. The molecule has 120 valence electrons. The van der Waals surface area contributed by atoms with Gasteiger partial charge in [-0.05, 0) is 34.5 Å². The number of hydrogen-bond donors (Lipinski definition) is 0. The highest BCUT2D eigenvalue weighted by molar-refractivity contribution is 6.13. The lowest BCUT2D eigenvalue weighted by Gasteiger charge is -2.11. The van der Waals surface area contributed by atoms with Crippen LogP contribution >= 0.6 is 0 Å². The molecule has 0 N–H and O–H groups in total. The second-order valence-electron chi connectivity index (χ2n) is 5.64. The third-order valence-electron chi connectivity index (χ3n) is 4.29. The Kier molecular flexibility index (Phi) is 3.48. The molecule has 0 atom stereocenters. The first-order valence-corrected chi connectivity index (χ1v) is 7.76. The predicted octanol–water partition coefficient (Wildman–Crippen LogP) is 4.49. The first-order chi connectivity index (χ1) is 12.2. The van der Waals surface area contributed by atoms with E-state index in [1.807, 2.05) is 60.7 Å². The van der Waals surface area contributed by atoms with Crippen LogP contribution in [0.2, 0.25) is 0 Å². The van der Waals surface area contributed by atoms with E-state index in [1.54, 1.807) is 13.2 Å². The Balaban J connectivity index is 2.21. The highest BCUT2D eigenvalue weighted by Crippen LogP contribution is 2.35. The van der Waals surface area contributed by atoms with E-state index in [0.717, 1.165) is 21.7 Å². The molecule has 4 nitrogen and oxygen atoms in total. The minimum Gasteiger partial charge on any atom is -0.497 e. The van der Waals surface area contributed by atoms with Crippen molar-refractivity contribution in [3.63, 3.8) is 0 Å². The molecule has 1 heterocycles. The minimum absolute atomic E-state index is 0.00835. The van der Waals surface area contributed by atoms with E-state index in [2.05, 4.69) is 0 Å². The molecule has 0 aliphatic rings. The Bertz CT molecular complexity index is 1200. The van der Waals surface area contributed by atoms with Crippen molar-refractivity contribution in [3.05, 3.63) is 76.6 Å². The number of fused-ring (bicyclic) bond motifs is 3. The molecule has 4 rings (SSSR count). The summed E-state index contributed by atoms with van der Waals surface area (Å²) < 4.78 is 10.6. The summed E-state index contributed by atoms with van der Waals surface area (Å²) in [6, 6.07) is 20.8. The van der Waals surface area contributed by atoms with Crippen LogP contribution in [0.15, 0.2) is 69.9 Å². The summed E-state index contributed by atoms with van der Waals surface area (Å²) in [6.07, 6.45) is 0. The van der Waals surface area contributed by atoms with Crippen molar-refractivity contribution in [1.29, 1.82) is 5.26 Å². The van der Waals surface area contributed by atoms with E-state index in [4.69, 9.17) is 9.15 Å². The van der Waals surface area contributed by atoms with Crippen molar-refractivity contribution in [2.75, 3.05) is 7.11 Å². The zero-order chi connectivity index (χ0) is 17.4. The Morgan fingerprint density at radius 2 is 1.76 bits per heavy atom. The monoisotopic (exact) mass is 327 g/mol. The van der Waals surface area contributed by atoms with Crippen LogP contribution in [0, 0.1) is 11.3 Å². The molecule has 25 heavy (non-hydrogen) atoms. The van der Waals surface area contributed by atoms with Crippen molar-refractivity contribution >= 4 is 21.7 Å². The van der Waals surface area contributed by atoms with Crippen LogP contribution in [0.3, 0.4) is 0 Å². The Labute approximate surface area is 143 Å². The number of nitriles is 1. The van der Waals surface area contributed by atoms with Crippen molar-refractivity contribution in [2.24, 2.45) is 0 Å². The first kappa shape index (κ1) is 15.0. The average molecular weight is 327 g/mol. The van der Waals surface area contributed by atoms with Gasteiger partial charge >= 0.3 is 5.63 Å². The summed E-state index contributed by atoms with van der Waals surface area (Å²) in [4.78, 5) is 12.3. The smallest absolute Gasteiger partial charge is 0.354 e. The SMILES string of the molecule is COc1ccc(-c2c(C#N)c(=O)oc3ccc4ccccc4c23)cc1. The van der Waals surface area contributed by atoms with E-state index in [-0.39, 0.29) is 5.56 Å². The lowest BCUT2D eigenvalue weighted by molar-refractivity contribution is 0.415. The van der Waals surface area contributed by atoms with Gasteiger partial charge in [-0.1, -0.05) is 42.5 Å². The van der Waals surface area contributed by atoms with Gasteiger partial charge in [0.1, 0.15) is 23.0 Å². The quantitative estimate of drug-likeness (QED) is 0.402. The highest BCUT2D eigenvalue weighted by atomic mass is 16.5. The maximum atomic E-state index is 12.3. The van der Waals surface area contributed by atoms with Crippen LogP contribution in [0.5, 0.6) is 5.75 Å². The van der Waals surface area contributed by atoms with Gasteiger partial charge in [0.25, 0.3) is 0 Å². The van der Waals surface area contributed by atoms with Gasteiger partial charge < -0.3 is 9.15 Å². The zero-order valence-corrected chi connectivity index (χ0v) is 13.4. The average Bonchev–Trinajstić information content (AvgIpc) is 2.66. The molecule has 4 heteroatoms. The summed E-state index contributed by atoms with van der Waals surface area (Å²) in [6.45, 7) is 0. The number of benzene rings is 3. The molecule has 0 aliphatic carbocycles. The van der Waals surface area contributed by atoms with Gasteiger partial charge in [-0.3, -0.25) is 0 Å². The predicted molar refractivity (Wildman–Crippen MR) is 96.7 cm³/mol. The van der Waals surface area contributed by atoms with Gasteiger partial charge in [0.05, 0.1) is 7.11 Å². The third-order valence-corrected chi connectivity index (χ3v) is 4.29. The summed E-state index contributed by atoms with van der Waals surface area (Å²) in [5.74, 6) is 0.708. The van der Waals surface area contributed by atoms with E-state index < -0.39 is 5.63 Å². The van der Waals surface area contributed by atoms with Crippen LogP contribution in [-0.4, -0.2) is 7.11 Å². The van der Waals surface area contributed by atoms with Gasteiger partial charge in [-0.15, -0.1) is 0 Å². The van der Waals surface area contributed by atoms with Crippen LogP contribution in [0.1, 0.15) is 5.56 Å². The minimum atomic E-state index is -0.629. The zero-order valence-electron chi connectivity index (χ0n) is 13.4. The van der Waals surface area contributed by atoms with Crippen molar-refractivity contribution in [2.45, 2.75) is 0 Å². The molecular formula is C21H13NO3. The third kappa shape index (κ3) is 2.34. The van der Waals surface area contributed by atoms with Gasteiger partial charge in [-0.2, -0.15) is 5.26 Å². The Morgan fingerprint density at radius 1 is 1.00 bits per heavy atom. The van der Waals surface area contributed by atoms with Crippen molar-refractivity contribution < 1.29 is 9.15 Å². The molecule has 0 bridgehead atoms. The highest BCUT2D eigenvalue weighted by Gasteiger charge is 2.18. The number of hydrogen-bond acceptors (Lipinski definition) is 4. The van der Waals surface area contributed by atoms with Crippen LogP contribution in [0.25, 0.3) is 32.9 Å². The fourth-order valence-corrected chi connectivity index (χ4v) is 3.12.